The van der Waals surface area contributed by atoms with Crippen LogP contribution in [0.25, 0.3) is 0 Å². The number of fused-ring (bicyclic) bond motifs is 8. The van der Waals surface area contributed by atoms with Crippen LogP contribution in [0.3, 0.4) is 0 Å². The molecule has 4 nitrogen and oxygen atoms in total. The van der Waals surface area contributed by atoms with Crippen LogP contribution in [0.2, 0.25) is 0 Å². The van der Waals surface area contributed by atoms with Gasteiger partial charge in [0.25, 0.3) is 0 Å². The van der Waals surface area contributed by atoms with Gasteiger partial charge in [0, 0.05) is 101 Å². The van der Waals surface area contributed by atoms with E-state index >= 15 is 0 Å². The quantitative estimate of drug-likeness (QED) is 0.193. The summed E-state index contributed by atoms with van der Waals surface area (Å²) >= 11 is 7.31. The lowest BCUT2D eigenvalue weighted by atomic mass is 9.90. The van der Waals surface area contributed by atoms with Crippen LogP contribution in [0.15, 0.2) is 68.5 Å². The molecule has 5 rings (SSSR count). The van der Waals surface area contributed by atoms with Crippen molar-refractivity contribution in [3.63, 3.8) is 0 Å². The lowest BCUT2D eigenvalue weighted by molar-refractivity contribution is 0.671. The summed E-state index contributed by atoms with van der Waals surface area (Å²) in [7, 11) is 0. The fourth-order valence-electron chi connectivity index (χ4n) is 4.40. The van der Waals surface area contributed by atoms with E-state index in [1.807, 2.05) is 70.2 Å². The number of rotatable bonds is 0. The molecule has 1 aliphatic heterocycles. The van der Waals surface area contributed by atoms with E-state index in [-0.39, 0.29) is 10.8 Å². The zero-order valence-corrected chi connectivity index (χ0v) is 26.9. The highest BCUT2D eigenvalue weighted by Crippen LogP contribution is 2.40. The molecular weight excluding hydrogens is 569 g/mol. The maximum absolute atomic E-state index is 4.68. The Kier molecular flexibility index (Phi) is 9.41. The van der Waals surface area contributed by atoms with Crippen molar-refractivity contribution < 1.29 is 0 Å². The van der Waals surface area contributed by atoms with Gasteiger partial charge >= 0.3 is 0 Å². The zero-order valence-electron chi connectivity index (χ0n) is 23.6. The fraction of sp³-hybridized carbons (Fsp3) is 0.375. The molecule has 0 aliphatic carbocycles. The summed E-state index contributed by atoms with van der Waals surface area (Å²) in [4.78, 5) is 28.9. The Morgan fingerprint density at radius 3 is 0.925 bits per heavy atom. The van der Waals surface area contributed by atoms with Gasteiger partial charge in [-0.05, 0) is 61.4 Å². The lowest BCUT2D eigenvalue weighted by Gasteiger charge is -2.21. The maximum atomic E-state index is 4.68. The molecule has 0 N–H and O–H groups in total. The van der Waals surface area contributed by atoms with Crippen molar-refractivity contribution in [1.29, 1.82) is 0 Å². The van der Waals surface area contributed by atoms with Crippen LogP contribution in [-0.4, -0.2) is 51.0 Å². The molecule has 4 aromatic rings. The minimum atomic E-state index is -0.0436. The van der Waals surface area contributed by atoms with Gasteiger partial charge < -0.3 is 0 Å². The van der Waals surface area contributed by atoms with Gasteiger partial charge in [-0.1, -0.05) is 27.7 Å². The lowest BCUT2D eigenvalue weighted by Crippen LogP contribution is -2.15. The maximum Gasteiger partial charge on any atom is 0.0452 e. The van der Waals surface area contributed by atoms with Gasteiger partial charge in [0.05, 0.1) is 0 Å². The first-order valence-electron chi connectivity index (χ1n) is 13.7. The number of hydrogen-bond acceptors (Lipinski definition) is 8. The van der Waals surface area contributed by atoms with Gasteiger partial charge in [-0.2, -0.15) is 0 Å². The number of nitrogens with zero attached hydrogens (tertiary/aromatic N) is 4. The summed E-state index contributed by atoms with van der Waals surface area (Å²) in [5.74, 6) is 0. The molecule has 0 fully saturated rings. The van der Waals surface area contributed by atoms with E-state index in [1.54, 1.807) is 0 Å². The van der Waals surface area contributed by atoms with Crippen molar-refractivity contribution in [1.82, 2.24) is 0 Å². The minimum Gasteiger partial charge on any atom is -0.292 e. The average Bonchev–Trinajstić information content (AvgIpc) is 3.74. The van der Waals surface area contributed by atoms with Crippen molar-refractivity contribution in [2.24, 2.45) is 20.0 Å². The van der Waals surface area contributed by atoms with E-state index in [9.17, 15) is 0 Å². The van der Waals surface area contributed by atoms with Gasteiger partial charge in [0.1, 0.15) is 0 Å². The SMILES string of the molecule is CC1(C)c2ccc(s2)C=NCCCN=Cc2ccc(s2)C(C)(C)c2ccc(s2)C=NCCCN=Cc2ccc1s2. The number of thiophene rings is 4. The smallest absolute Gasteiger partial charge is 0.0452 e. The molecule has 5 heterocycles. The Morgan fingerprint density at radius 1 is 0.425 bits per heavy atom. The van der Waals surface area contributed by atoms with Crippen LogP contribution in [0.4, 0.5) is 0 Å². The summed E-state index contributed by atoms with van der Waals surface area (Å²) in [5.41, 5.74) is -0.0872. The predicted octanol–water partition coefficient (Wildman–Crippen LogP) is 8.75. The Balaban J connectivity index is 1.32. The highest BCUT2D eigenvalue weighted by atomic mass is 32.1. The first-order valence-corrected chi connectivity index (χ1v) is 17.0. The minimum absolute atomic E-state index is 0.0436. The van der Waals surface area contributed by atoms with E-state index in [0.717, 1.165) is 39.0 Å². The third-order valence-electron chi connectivity index (χ3n) is 6.99. The summed E-state index contributed by atoms with van der Waals surface area (Å²) in [5, 5.41) is 0. The summed E-state index contributed by atoms with van der Waals surface area (Å²) in [6.45, 7) is 12.3. The monoisotopic (exact) mass is 604 g/mol. The Bertz CT molecular complexity index is 1300. The van der Waals surface area contributed by atoms with E-state index in [2.05, 4.69) is 96.2 Å². The van der Waals surface area contributed by atoms with Gasteiger partial charge in [-0.15, -0.1) is 45.3 Å². The van der Waals surface area contributed by atoms with Crippen LogP contribution in [0.5, 0.6) is 0 Å². The second-order valence-electron chi connectivity index (χ2n) is 10.9. The normalized spacial score (nSPS) is 17.9. The molecule has 0 spiro atoms. The molecule has 0 amide bonds. The van der Waals surface area contributed by atoms with Crippen LogP contribution < -0.4 is 0 Å². The second-order valence-corrected chi connectivity index (χ2v) is 15.4. The summed E-state index contributed by atoms with van der Waals surface area (Å²) in [6, 6.07) is 17.7. The average molecular weight is 605 g/mol. The fourth-order valence-corrected chi connectivity index (χ4v) is 8.60. The van der Waals surface area contributed by atoms with Crippen molar-refractivity contribution >= 4 is 70.2 Å². The molecule has 0 unspecified atom stereocenters. The largest absolute Gasteiger partial charge is 0.292 e. The molecule has 40 heavy (non-hydrogen) atoms. The van der Waals surface area contributed by atoms with Crippen molar-refractivity contribution in [3.05, 3.63) is 87.5 Å². The van der Waals surface area contributed by atoms with Gasteiger partial charge in [-0.3, -0.25) is 20.0 Å². The molecule has 4 aromatic heterocycles. The Morgan fingerprint density at radius 2 is 0.675 bits per heavy atom. The van der Waals surface area contributed by atoms with Crippen molar-refractivity contribution in [2.45, 2.75) is 51.4 Å². The molecule has 0 saturated heterocycles. The number of aliphatic imine (C=N–C) groups is 4. The standard InChI is InChI=1S/C32H36N4S4/c1-31(2)27-11-7-23(37-27)19-33-15-5-17-35-21-25-9-13-29(39-25)32(3,4)30-14-10-26(40-30)22-36-18-6-16-34-20-24-8-12-28(31)38-24/h7-14,19-22H,5-6,15-18H2,1-4H3. The molecular formula is C32H36N4S4. The van der Waals surface area contributed by atoms with Crippen LogP contribution in [0.1, 0.15) is 79.6 Å². The van der Waals surface area contributed by atoms with Crippen LogP contribution >= 0.6 is 45.3 Å². The molecule has 0 saturated carbocycles. The highest BCUT2D eigenvalue weighted by Gasteiger charge is 2.27. The van der Waals surface area contributed by atoms with Gasteiger partial charge in [-0.25, -0.2) is 0 Å². The summed E-state index contributed by atoms with van der Waals surface area (Å²) in [6.07, 6.45) is 9.96. The molecule has 0 atom stereocenters. The molecule has 8 heteroatoms. The van der Waals surface area contributed by atoms with Crippen LogP contribution in [-0.2, 0) is 10.8 Å². The first kappa shape index (κ1) is 29.0. The molecule has 208 valence electrons. The predicted molar refractivity (Wildman–Crippen MR) is 181 cm³/mol. The Hall–Kier alpha value is -2.52. The number of hydrogen-bond donors (Lipinski definition) is 0. The van der Waals surface area contributed by atoms with Crippen molar-refractivity contribution in [2.75, 3.05) is 26.2 Å². The zero-order chi connectivity index (χ0) is 28.0. The summed E-state index contributed by atoms with van der Waals surface area (Å²) < 4.78 is 0. The third-order valence-corrected chi connectivity index (χ3v) is 12.4. The molecule has 1 aliphatic rings. The first-order chi connectivity index (χ1) is 19.3. The highest BCUT2D eigenvalue weighted by molar-refractivity contribution is 7.16. The molecule has 0 aromatic carbocycles. The van der Waals surface area contributed by atoms with Crippen LogP contribution in [0, 0.1) is 0 Å². The third kappa shape index (κ3) is 7.03. The van der Waals surface area contributed by atoms with E-state index in [1.165, 1.54) is 39.0 Å². The Labute approximate surface area is 254 Å². The van der Waals surface area contributed by atoms with Gasteiger partial charge in [0.2, 0.25) is 0 Å². The molecule has 8 bridgehead atoms. The van der Waals surface area contributed by atoms with E-state index < -0.39 is 0 Å². The topological polar surface area (TPSA) is 49.4 Å². The molecule has 0 radical (unpaired) electrons. The van der Waals surface area contributed by atoms with Gasteiger partial charge in [0.15, 0.2) is 0 Å². The van der Waals surface area contributed by atoms with E-state index in [4.69, 9.17) is 0 Å². The second kappa shape index (κ2) is 13.0. The van der Waals surface area contributed by atoms with E-state index in [0.29, 0.717) is 0 Å². The van der Waals surface area contributed by atoms with Crippen molar-refractivity contribution in [3.8, 4) is 0 Å².